The Morgan fingerprint density at radius 1 is 1.11 bits per heavy atom. The van der Waals surface area contributed by atoms with Crippen molar-refractivity contribution in [2.24, 2.45) is 0 Å². The van der Waals surface area contributed by atoms with E-state index >= 15 is 0 Å². The summed E-state index contributed by atoms with van der Waals surface area (Å²) in [6.45, 7) is 4.43. The summed E-state index contributed by atoms with van der Waals surface area (Å²) in [4.78, 5) is 22.3. The number of amides is 1. The summed E-state index contributed by atoms with van der Waals surface area (Å²) < 4.78 is 0. The lowest BCUT2D eigenvalue weighted by Crippen LogP contribution is -2.27. The van der Waals surface area contributed by atoms with E-state index in [0.717, 1.165) is 19.5 Å². The van der Waals surface area contributed by atoms with Crippen molar-refractivity contribution in [3.05, 3.63) is 35.4 Å². The van der Waals surface area contributed by atoms with E-state index in [4.69, 9.17) is 5.11 Å². The largest absolute Gasteiger partial charge is 0.478 e. The first-order chi connectivity index (χ1) is 8.65. The van der Waals surface area contributed by atoms with Crippen LogP contribution in [-0.2, 0) is 0 Å². The molecule has 1 aromatic carbocycles. The summed E-state index contributed by atoms with van der Waals surface area (Å²) in [5.41, 5.74) is 0.655. The van der Waals surface area contributed by atoms with Crippen LogP contribution >= 0.6 is 0 Å². The van der Waals surface area contributed by atoms with Gasteiger partial charge in [0.25, 0.3) is 5.91 Å². The molecule has 0 spiro atoms. The summed E-state index contributed by atoms with van der Waals surface area (Å²) in [5, 5.41) is 14.7. The summed E-state index contributed by atoms with van der Waals surface area (Å²) >= 11 is 0. The van der Waals surface area contributed by atoms with E-state index in [1.54, 1.807) is 0 Å². The fourth-order valence-electron chi connectivity index (χ4n) is 1.46. The van der Waals surface area contributed by atoms with Crippen LogP contribution in [0.3, 0.4) is 0 Å². The molecule has 18 heavy (non-hydrogen) atoms. The molecule has 0 aliphatic carbocycles. The van der Waals surface area contributed by atoms with Gasteiger partial charge >= 0.3 is 5.97 Å². The molecule has 0 heterocycles. The highest BCUT2D eigenvalue weighted by Gasteiger charge is 2.06. The van der Waals surface area contributed by atoms with Crippen LogP contribution in [-0.4, -0.2) is 36.6 Å². The minimum absolute atomic E-state index is 0.177. The van der Waals surface area contributed by atoms with Crippen molar-refractivity contribution in [3.8, 4) is 0 Å². The van der Waals surface area contributed by atoms with Gasteiger partial charge < -0.3 is 15.7 Å². The molecular weight excluding hydrogens is 232 g/mol. The van der Waals surface area contributed by atoms with Crippen LogP contribution in [0.1, 0.15) is 34.1 Å². The molecule has 0 aliphatic rings. The van der Waals surface area contributed by atoms with E-state index in [9.17, 15) is 9.59 Å². The van der Waals surface area contributed by atoms with Gasteiger partial charge in [0.1, 0.15) is 0 Å². The lowest BCUT2D eigenvalue weighted by atomic mass is 10.1. The van der Waals surface area contributed by atoms with Gasteiger partial charge in [-0.2, -0.15) is 0 Å². The SMILES string of the molecule is CCNCCCNC(=O)c1ccc(C(=O)O)cc1. The molecule has 0 atom stereocenters. The van der Waals surface area contributed by atoms with Crippen LogP contribution in [0.15, 0.2) is 24.3 Å². The van der Waals surface area contributed by atoms with Crippen molar-refractivity contribution in [1.29, 1.82) is 0 Å². The first kappa shape index (κ1) is 14.2. The fraction of sp³-hybridized carbons (Fsp3) is 0.385. The molecule has 0 saturated carbocycles. The second-order valence-corrected chi connectivity index (χ2v) is 3.85. The first-order valence-electron chi connectivity index (χ1n) is 5.97. The molecule has 0 aromatic heterocycles. The third-order valence-corrected chi connectivity index (χ3v) is 2.46. The van der Waals surface area contributed by atoms with Gasteiger partial charge in [0.15, 0.2) is 0 Å². The quantitative estimate of drug-likeness (QED) is 0.633. The van der Waals surface area contributed by atoms with E-state index in [-0.39, 0.29) is 11.5 Å². The second-order valence-electron chi connectivity index (χ2n) is 3.85. The van der Waals surface area contributed by atoms with Gasteiger partial charge in [-0.1, -0.05) is 6.92 Å². The topological polar surface area (TPSA) is 78.4 Å². The molecule has 3 N–H and O–H groups in total. The van der Waals surface area contributed by atoms with Crippen LogP contribution in [0.2, 0.25) is 0 Å². The van der Waals surface area contributed by atoms with E-state index in [0.29, 0.717) is 12.1 Å². The average molecular weight is 250 g/mol. The zero-order chi connectivity index (χ0) is 13.4. The van der Waals surface area contributed by atoms with Crippen LogP contribution in [0, 0.1) is 0 Å². The Bertz CT molecular complexity index is 401. The highest BCUT2D eigenvalue weighted by Crippen LogP contribution is 2.04. The lowest BCUT2D eigenvalue weighted by molar-refractivity contribution is 0.0696. The maximum absolute atomic E-state index is 11.7. The number of carboxylic acids is 1. The Balaban J connectivity index is 2.39. The van der Waals surface area contributed by atoms with Crippen LogP contribution < -0.4 is 10.6 Å². The van der Waals surface area contributed by atoms with Crippen LogP contribution in [0.25, 0.3) is 0 Å². The van der Waals surface area contributed by atoms with E-state index < -0.39 is 5.97 Å². The third kappa shape index (κ3) is 4.55. The number of rotatable bonds is 7. The zero-order valence-corrected chi connectivity index (χ0v) is 10.4. The Morgan fingerprint density at radius 2 is 1.72 bits per heavy atom. The predicted octanol–water partition coefficient (Wildman–Crippen LogP) is 1.11. The van der Waals surface area contributed by atoms with Crippen LogP contribution in [0.4, 0.5) is 0 Å². The van der Waals surface area contributed by atoms with Gasteiger partial charge in [-0.3, -0.25) is 4.79 Å². The molecule has 0 radical (unpaired) electrons. The number of nitrogens with one attached hydrogen (secondary N) is 2. The molecule has 1 aromatic rings. The first-order valence-corrected chi connectivity index (χ1v) is 5.97. The molecule has 0 unspecified atom stereocenters. The Hall–Kier alpha value is -1.88. The third-order valence-electron chi connectivity index (χ3n) is 2.46. The molecule has 1 rings (SSSR count). The van der Waals surface area contributed by atoms with Crippen molar-refractivity contribution in [2.75, 3.05) is 19.6 Å². The Kier molecular flexibility index (Phi) is 5.87. The average Bonchev–Trinajstić information content (AvgIpc) is 2.38. The smallest absolute Gasteiger partial charge is 0.335 e. The van der Waals surface area contributed by atoms with E-state index in [2.05, 4.69) is 10.6 Å². The van der Waals surface area contributed by atoms with Gasteiger partial charge in [0, 0.05) is 12.1 Å². The normalized spacial score (nSPS) is 10.1. The van der Waals surface area contributed by atoms with Crippen molar-refractivity contribution in [3.63, 3.8) is 0 Å². The molecular formula is C13H18N2O3. The summed E-state index contributed by atoms with van der Waals surface area (Å²) in [6, 6.07) is 5.89. The van der Waals surface area contributed by atoms with Crippen LogP contribution in [0.5, 0.6) is 0 Å². The van der Waals surface area contributed by atoms with Crippen molar-refractivity contribution >= 4 is 11.9 Å². The van der Waals surface area contributed by atoms with Crippen molar-refractivity contribution in [2.45, 2.75) is 13.3 Å². The second kappa shape index (κ2) is 7.45. The van der Waals surface area contributed by atoms with Gasteiger partial charge in [-0.25, -0.2) is 4.79 Å². The highest BCUT2D eigenvalue weighted by molar-refractivity contribution is 5.95. The summed E-state index contributed by atoms with van der Waals surface area (Å²) in [5.74, 6) is -1.17. The number of hydrogen-bond acceptors (Lipinski definition) is 3. The molecule has 98 valence electrons. The lowest BCUT2D eigenvalue weighted by Gasteiger charge is -2.05. The monoisotopic (exact) mass is 250 g/mol. The van der Waals surface area contributed by atoms with Crippen molar-refractivity contribution < 1.29 is 14.7 Å². The fourth-order valence-corrected chi connectivity index (χ4v) is 1.46. The summed E-state index contributed by atoms with van der Waals surface area (Å²) in [7, 11) is 0. The number of aromatic carboxylic acids is 1. The molecule has 0 aliphatic heterocycles. The Labute approximate surface area is 106 Å². The molecule has 5 nitrogen and oxygen atoms in total. The molecule has 5 heteroatoms. The number of hydrogen-bond donors (Lipinski definition) is 3. The maximum Gasteiger partial charge on any atom is 0.335 e. The van der Waals surface area contributed by atoms with E-state index in [1.165, 1.54) is 24.3 Å². The van der Waals surface area contributed by atoms with Gasteiger partial charge in [-0.15, -0.1) is 0 Å². The van der Waals surface area contributed by atoms with E-state index in [1.807, 2.05) is 6.92 Å². The predicted molar refractivity (Wildman–Crippen MR) is 68.9 cm³/mol. The van der Waals surface area contributed by atoms with Gasteiger partial charge in [-0.05, 0) is 43.8 Å². The van der Waals surface area contributed by atoms with Gasteiger partial charge in [0.05, 0.1) is 5.56 Å². The molecule has 0 saturated heterocycles. The van der Waals surface area contributed by atoms with Gasteiger partial charge in [0.2, 0.25) is 0 Å². The maximum atomic E-state index is 11.7. The minimum atomic E-state index is -0.993. The molecule has 0 bridgehead atoms. The number of carbonyl (C=O) groups is 2. The minimum Gasteiger partial charge on any atom is -0.478 e. The number of benzene rings is 1. The zero-order valence-electron chi connectivity index (χ0n) is 10.4. The molecule has 1 amide bonds. The highest BCUT2D eigenvalue weighted by atomic mass is 16.4. The standard InChI is InChI=1S/C13H18N2O3/c1-2-14-8-3-9-15-12(16)10-4-6-11(7-5-10)13(17)18/h4-7,14H,2-3,8-9H2,1H3,(H,15,16)(H,17,18). The Morgan fingerprint density at radius 3 is 2.28 bits per heavy atom. The number of carboxylic acid groups (broad SMARTS) is 1. The number of carbonyl (C=O) groups excluding carboxylic acids is 1. The summed E-state index contributed by atoms with van der Waals surface area (Å²) in [6.07, 6.45) is 0.868. The molecule has 0 fully saturated rings. The van der Waals surface area contributed by atoms with Crippen molar-refractivity contribution in [1.82, 2.24) is 10.6 Å².